The second-order valence-electron chi connectivity index (χ2n) is 5.21. The summed E-state index contributed by atoms with van der Waals surface area (Å²) in [4.78, 5) is 23.1. The zero-order valence-electron chi connectivity index (χ0n) is 12.1. The molecule has 0 aliphatic heterocycles. The highest BCUT2D eigenvalue weighted by Gasteiger charge is 2.34. The van der Waals surface area contributed by atoms with Crippen molar-refractivity contribution in [2.45, 2.75) is 44.8 Å². The fourth-order valence-corrected chi connectivity index (χ4v) is 2.09. The largest absolute Gasteiger partial charge is 0.480 e. The van der Waals surface area contributed by atoms with E-state index in [-0.39, 0.29) is 18.4 Å². The maximum atomic E-state index is 13.1. The van der Waals surface area contributed by atoms with Gasteiger partial charge in [0.2, 0.25) is 5.91 Å². The van der Waals surface area contributed by atoms with E-state index < -0.39 is 29.3 Å². The molecule has 1 aromatic rings. The van der Waals surface area contributed by atoms with Crippen LogP contribution < -0.4 is 5.32 Å². The van der Waals surface area contributed by atoms with Crippen LogP contribution in [-0.4, -0.2) is 27.6 Å². The van der Waals surface area contributed by atoms with Crippen molar-refractivity contribution in [3.05, 3.63) is 35.6 Å². The standard InChI is InChI=1S/C15H20FNO4/c1-3-7-15(2,14(20)21)17-13(19)9-12(18)10-5-4-6-11(16)8-10/h4-6,8,12,18H,3,7,9H2,1-2H3,(H,17,19)(H,20,21). The zero-order chi connectivity index (χ0) is 16.0. The Bertz CT molecular complexity index is 520. The summed E-state index contributed by atoms with van der Waals surface area (Å²) in [6, 6.07) is 5.31. The number of halogens is 1. The summed E-state index contributed by atoms with van der Waals surface area (Å²) >= 11 is 0. The van der Waals surface area contributed by atoms with E-state index in [2.05, 4.69) is 5.32 Å². The number of hydrogen-bond acceptors (Lipinski definition) is 3. The number of nitrogens with one attached hydrogen (secondary N) is 1. The summed E-state index contributed by atoms with van der Waals surface area (Å²) in [5.41, 5.74) is -1.09. The van der Waals surface area contributed by atoms with Gasteiger partial charge in [0.1, 0.15) is 11.4 Å². The molecule has 0 aliphatic rings. The number of benzene rings is 1. The molecule has 1 amide bonds. The maximum absolute atomic E-state index is 13.1. The average Bonchev–Trinajstić information content (AvgIpc) is 2.38. The van der Waals surface area contributed by atoms with Crippen molar-refractivity contribution in [1.29, 1.82) is 0 Å². The number of hydrogen-bond donors (Lipinski definition) is 3. The zero-order valence-corrected chi connectivity index (χ0v) is 12.1. The molecule has 0 aromatic heterocycles. The molecular weight excluding hydrogens is 277 g/mol. The van der Waals surface area contributed by atoms with Crippen LogP contribution in [-0.2, 0) is 9.59 Å². The molecule has 2 unspecified atom stereocenters. The van der Waals surface area contributed by atoms with Gasteiger partial charge in [-0.25, -0.2) is 9.18 Å². The van der Waals surface area contributed by atoms with Crippen LogP contribution in [0.2, 0.25) is 0 Å². The number of rotatable bonds is 7. The van der Waals surface area contributed by atoms with Gasteiger partial charge < -0.3 is 15.5 Å². The molecule has 5 nitrogen and oxygen atoms in total. The van der Waals surface area contributed by atoms with Gasteiger partial charge in [-0.05, 0) is 31.0 Å². The van der Waals surface area contributed by atoms with Crippen LogP contribution in [0.4, 0.5) is 4.39 Å². The monoisotopic (exact) mass is 297 g/mol. The number of carboxylic acid groups (broad SMARTS) is 1. The van der Waals surface area contributed by atoms with Crippen molar-refractivity contribution in [1.82, 2.24) is 5.32 Å². The second kappa shape index (κ2) is 7.17. The molecular formula is C15H20FNO4. The molecule has 6 heteroatoms. The molecule has 0 bridgehead atoms. The number of carboxylic acids is 1. The lowest BCUT2D eigenvalue weighted by Gasteiger charge is -2.26. The first-order valence-corrected chi connectivity index (χ1v) is 6.76. The number of carbonyl (C=O) groups excluding carboxylic acids is 1. The molecule has 3 N–H and O–H groups in total. The van der Waals surface area contributed by atoms with Crippen molar-refractivity contribution in [2.75, 3.05) is 0 Å². The van der Waals surface area contributed by atoms with E-state index in [4.69, 9.17) is 0 Å². The van der Waals surface area contributed by atoms with Gasteiger partial charge in [-0.2, -0.15) is 0 Å². The van der Waals surface area contributed by atoms with Crippen molar-refractivity contribution in [3.63, 3.8) is 0 Å². The quantitative estimate of drug-likeness (QED) is 0.718. The van der Waals surface area contributed by atoms with Gasteiger partial charge in [0, 0.05) is 0 Å². The minimum Gasteiger partial charge on any atom is -0.480 e. The second-order valence-corrected chi connectivity index (χ2v) is 5.21. The summed E-state index contributed by atoms with van der Waals surface area (Å²) in [5, 5.41) is 21.5. The first-order chi connectivity index (χ1) is 9.78. The van der Waals surface area contributed by atoms with Crippen molar-refractivity contribution in [2.24, 2.45) is 0 Å². The smallest absolute Gasteiger partial charge is 0.329 e. The average molecular weight is 297 g/mol. The molecule has 0 saturated carbocycles. The molecule has 0 heterocycles. The first-order valence-electron chi connectivity index (χ1n) is 6.76. The van der Waals surface area contributed by atoms with Crippen LogP contribution in [0.5, 0.6) is 0 Å². The predicted octanol–water partition coefficient (Wildman–Crippen LogP) is 2.01. The van der Waals surface area contributed by atoms with Crippen molar-refractivity contribution in [3.8, 4) is 0 Å². The lowest BCUT2D eigenvalue weighted by molar-refractivity contribution is -0.147. The van der Waals surface area contributed by atoms with E-state index in [9.17, 15) is 24.2 Å². The molecule has 21 heavy (non-hydrogen) atoms. The highest BCUT2D eigenvalue weighted by molar-refractivity contribution is 5.86. The highest BCUT2D eigenvalue weighted by atomic mass is 19.1. The Morgan fingerprint density at radius 1 is 1.43 bits per heavy atom. The summed E-state index contributed by atoms with van der Waals surface area (Å²) in [6.45, 7) is 3.24. The summed E-state index contributed by atoms with van der Waals surface area (Å²) in [5.74, 6) is -2.23. The minimum absolute atomic E-state index is 0.276. The van der Waals surface area contributed by atoms with Crippen LogP contribution in [0, 0.1) is 5.82 Å². The summed E-state index contributed by atoms with van der Waals surface area (Å²) < 4.78 is 13.1. The Labute approximate surface area is 122 Å². The van der Waals surface area contributed by atoms with E-state index in [0.717, 1.165) is 6.07 Å². The van der Waals surface area contributed by atoms with E-state index in [1.165, 1.54) is 25.1 Å². The normalized spacial score (nSPS) is 15.0. The van der Waals surface area contributed by atoms with Crippen LogP contribution in [0.1, 0.15) is 44.8 Å². The lowest BCUT2D eigenvalue weighted by Crippen LogP contribution is -2.52. The highest BCUT2D eigenvalue weighted by Crippen LogP contribution is 2.19. The van der Waals surface area contributed by atoms with Gasteiger partial charge in [-0.1, -0.05) is 25.5 Å². The Hall–Kier alpha value is -1.95. The molecule has 0 saturated heterocycles. The first kappa shape index (κ1) is 17.1. The Balaban J connectivity index is 2.70. The summed E-state index contributed by atoms with van der Waals surface area (Å²) in [6.07, 6.45) is -0.629. The SMILES string of the molecule is CCCC(C)(NC(=O)CC(O)c1cccc(F)c1)C(=O)O. The fourth-order valence-electron chi connectivity index (χ4n) is 2.09. The van der Waals surface area contributed by atoms with Crippen LogP contribution in [0.25, 0.3) is 0 Å². The predicted molar refractivity (Wildman–Crippen MR) is 75.1 cm³/mol. The molecule has 0 spiro atoms. The van der Waals surface area contributed by atoms with Gasteiger partial charge in [-0.3, -0.25) is 4.79 Å². The Morgan fingerprint density at radius 3 is 2.62 bits per heavy atom. The number of carbonyl (C=O) groups is 2. The maximum Gasteiger partial charge on any atom is 0.329 e. The van der Waals surface area contributed by atoms with Crippen molar-refractivity contribution < 1.29 is 24.2 Å². The van der Waals surface area contributed by atoms with Crippen LogP contribution in [0.3, 0.4) is 0 Å². The third-order valence-corrected chi connectivity index (χ3v) is 3.25. The van der Waals surface area contributed by atoms with E-state index in [0.29, 0.717) is 6.42 Å². The van der Waals surface area contributed by atoms with Gasteiger partial charge in [-0.15, -0.1) is 0 Å². The van der Waals surface area contributed by atoms with E-state index in [1.54, 1.807) is 0 Å². The molecule has 1 rings (SSSR count). The molecule has 0 aliphatic carbocycles. The van der Waals surface area contributed by atoms with E-state index in [1.807, 2.05) is 6.92 Å². The number of aliphatic hydroxyl groups is 1. The van der Waals surface area contributed by atoms with Crippen LogP contribution in [0.15, 0.2) is 24.3 Å². The van der Waals surface area contributed by atoms with Crippen molar-refractivity contribution >= 4 is 11.9 Å². The Kier molecular flexibility index (Phi) is 5.84. The third kappa shape index (κ3) is 4.82. The summed E-state index contributed by atoms with van der Waals surface area (Å²) in [7, 11) is 0. The number of amides is 1. The van der Waals surface area contributed by atoms with Gasteiger partial charge in [0.05, 0.1) is 12.5 Å². The minimum atomic E-state index is -1.37. The number of aliphatic carboxylic acids is 1. The third-order valence-electron chi connectivity index (χ3n) is 3.25. The molecule has 2 atom stereocenters. The Morgan fingerprint density at radius 2 is 2.10 bits per heavy atom. The topological polar surface area (TPSA) is 86.6 Å². The molecule has 1 aromatic carbocycles. The molecule has 0 radical (unpaired) electrons. The number of aliphatic hydroxyl groups excluding tert-OH is 1. The van der Waals surface area contributed by atoms with Crippen LogP contribution >= 0.6 is 0 Å². The van der Waals surface area contributed by atoms with Gasteiger partial charge in [0.15, 0.2) is 0 Å². The van der Waals surface area contributed by atoms with Gasteiger partial charge >= 0.3 is 5.97 Å². The van der Waals surface area contributed by atoms with E-state index >= 15 is 0 Å². The fraction of sp³-hybridized carbons (Fsp3) is 0.467. The molecule has 116 valence electrons. The molecule has 0 fully saturated rings. The lowest BCUT2D eigenvalue weighted by atomic mass is 9.95. The van der Waals surface area contributed by atoms with Gasteiger partial charge in [0.25, 0.3) is 0 Å².